The van der Waals surface area contributed by atoms with Crippen LogP contribution in [0.25, 0.3) is 0 Å². The number of fused-ring (bicyclic) bond motifs is 2. The molecule has 1 aromatic carbocycles. The first-order valence-corrected chi connectivity index (χ1v) is 7.38. The first-order chi connectivity index (χ1) is 8.62. The topological polar surface area (TPSA) is 37.3 Å². The van der Waals surface area contributed by atoms with Crippen molar-refractivity contribution in [1.82, 2.24) is 0 Å². The van der Waals surface area contributed by atoms with Crippen LogP contribution in [0.3, 0.4) is 0 Å². The van der Waals surface area contributed by atoms with Gasteiger partial charge in [-0.3, -0.25) is 4.79 Å². The molecule has 18 heavy (non-hydrogen) atoms. The summed E-state index contributed by atoms with van der Waals surface area (Å²) in [7, 11) is 0. The van der Waals surface area contributed by atoms with Crippen LogP contribution in [0.4, 0.5) is 0 Å². The predicted molar refractivity (Wildman–Crippen MR) is 73.4 cm³/mol. The molecule has 3 rings (SSSR count). The molecule has 2 aliphatic rings. The molecule has 0 amide bonds. The van der Waals surface area contributed by atoms with E-state index < -0.39 is 11.4 Å². The summed E-state index contributed by atoms with van der Waals surface area (Å²) in [6.45, 7) is 0. The number of aliphatic carboxylic acids is 1. The number of rotatable bonds is 3. The zero-order valence-corrected chi connectivity index (χ0v) is 11.8. The molecule has 0 radical (unpaired) electrons. The van der Waals surface area contributed by atoms with E-state index in [1.165, 1.54) is 6.42 Å². The number of hydrogen-bond donors (Lipinski definition) is 1. The Kier molecular flexibility index (Phi) is 2.97. The zero-order valence-electron chi connectivity index (χ0n) is 10.2. The molecule has 1 N–H and O–H groups in total. The van der Waals surface area contributed by atoms with Gasteiger partial charge in [-0.2, -0.15) is 0 Å². The van der Waals surface area contributed by atoms with E-state index in [0.29, 0.717) is 18.3 Å². The van der Waals surface area contributed by atoms with E-state index in [1.807, 2.05) is 24.3 Å². The van der Waals surface area contributed by atoms with Crippen molar-refractivity contribution in [2.75, 3.05) is 0 Å². The number of carbonyl (C=O) groups is 1. The highest BCUT2D eigenvalue weighted by atomic mass is 79.9. The minimum atomic E-state index is -0.592. The Morgan fingerprint density at radius 3 is 2.72 bits per heavy atom. The van der Waals surface area contributed by atoms with Gasteiger partial charge < -0.3 is 5.11 Å². The molecule has 2 saturated carbocycles. The summed E-state index contributed by atoms with van der Waals surface area (Å²) in [6.07, 6.45) is 4.99. The third-order valence-corrected chi connectivity index (χ3v) is 5.64. The fourth-order valence-electron chi connectivity index (χ4n) is 3.98. The summed E-state index contributed by atoms with van der Waals surface area (Å²) in [5.74, 6) is 0.436. The van der Waals surface area contributed by atoms with Gasteiger partial charge in [-0.25, -0.2) is 0 Å². The average Bonchev–Trinajstić information content (AvgIpc) is 2.93. The van der Waals surface area contributed by atoms with Crippen molar-refractivity contribution in [3.63, 3.8) is 0 Å². The van der Waals surface area contributed by atoms with Crippen LogP contribution < -0.4 is 0 Å². The second-order valence-corrected chi connectivity index (χ2v) is 6.66. The minimum absolute atomic E-state index is 0.382. The molecule has 3 atom stereocenters. The Morgan fingerprint density at radius 1 is 1.39 bits per heavy atom. The number of benzene rings is 1. The monoisotopic (exact) mass is 308 g/mol. The summed E-state index contributed by atoms with van der Waals surface area (Å²) in [5.41, 5.74) is 0.625. The molecule has 0 aromatic heterocycles. The summed E-state index contributed by atoms with van der Waals surface area (Å²) in [5, 5.41) is 9.72. The lowest BCUT2D eigenvalue weighted by atomic mass is 9.69. The van der Waals surface area contributed by atoms with Gasteiger partial charge in [0.1, 0.15) is 0 Å². The van der Waals surface area contributed by atoms with E-state index in [1.54, 1.807) is 0 Å². The summed E-state index contributed by atoms with van der Waals surface area (Å²) in [6, 6.07) is 8.00. The highest BCUT2D eigenvalue weighted by molar-refractivity contribution is 9.10. The van der Waals surface area contributed by atoms with Gasteiger partial charge in [-0.1, -0.05) is 40.5 Å². The smallest absolute Gasteiger partial charge is 0.310 e. The lowest BCUT2D eigenvalue weighted by molar-refractivity contribution is -0.152. The summed E-state index contributed by atoms with van der Waals surface area (Å²) in [4.78, 5) is 11.8. The van der Waals surface area contributed by atoms with Gasteiger partial charge >= 0.3 is 5.97 Å². The minimum Gasteiger partial charge on any atom is -0.481 e. The van der Waals surface area contributed by atoms with Gasteiger partial charge in [0.25, 0.3) is 0 Å². The molecule has 2 aliphatic carbocycles. The maximum atomic E-state index is 11.8. The van der Waals surface area contributed by atoms with E-state index in [9.17, 15) is 9.90 Å². The lowest BCUT2D eigenvalue weighted by Crippen LogP contribution is -2.38. The standard InChI is InChI=1S/C15H17BrO2/c16-13-4-2-1-3-11(13)9-15(14(17)18)8-10-5-6-12(15)7-10/h1-4,10,12H,5-9H2,(H,17,18). The zero-order chi connectivity index (χ0) is 12.8. The van der Waals surface area contributed by atoms with Gasteiger partial charge in [0.2, 0.25) is 0 Å². The quantitative estimate of drug-likeness (QED) is 0.920. The molecule has 0 heterocycles. The molecule has 3 unspecified atom stereocenters. The summed E-state index contributed by atoms with van der Waals surface area (Å²) < 4.78 is 1.04. The van der Waals surface area contributed by atoms with Gasteiger partial charge in [0.05, 0.1) is 5.41 Å². The van der Waals surface area contributed by atoms with Crippen LogP contribution >= 0.6 is 15.9 Å². The van der Waals surface area contributed by atoms with Crippen LogP contribution in [-0.4, -0.2) is 11.1 Å². The van der Waals surface area contributed by atoms with Crippen LogP contribution in [0.5, 0.6) is 0 Å². The van der Waals surface area contributed by atoms with Gasteiger partial charge in [-0.05, 0) is 49.1 Å². The first-order valence-electron chi connectivity index (χ1n) is 6.58. The average molecular weight is 309 g/mol. The lowest BCUT2D eigenvalue weighted by Gasteiger charge is -2.34. The highest BCUT2D eigenvalue weighted by Gasteiger charge is 2.55. The Labute approximate surface area is 116 Å². The Balaban J connectivity index is 1.93. The molecule has 96 valence electrons. The third-order valence-electron chi connectivity index (χ3n) is 4.87. The maximum Gasteiger partial charge on any atom is 0.310 e. The number of carboxylic acid groups (broad SMARTS) is 1. The SMILES string of the molecule is O=C(O)C1(Cc2ccccc2Br)CC2CCC1C2. The molecule has 2 nitrogen and oxygen atoms in total. The van der Waals surface area contributed by atoms with E-state index in [4.69, 9.17) is 0 Å². The van der Waals surface area contributed by atoms with Crippen molar-refractivity contribution in [1.29, 1.82) is 0 Å². The molecule has 2 bridgehead atoms. The normalized spacial score (nSPS) is 33.8. The van der Waals surface area contributed by atoms with Crippen LogP contribution in [0.2, 0.25) is 0 Å². The van der Waals surface area contributed by atoms with Gasteiger partial charge in [0.15, 0.2) is 0 Å². The second-order valence-electron chi connectivity index (χ2n) is 5.81. The van der Waals surface area contributed by atoms with Crippen molar-refractivity contribution in [3.05, 3.63) is 34.3 Å². The molecule has 0 aliphatic heterocycles. The molecule has 2 fully saturated rings. The molecule has 3 heteroatoms. The van der Waals surface area contributed by atoms with E-state index in [-0.39, 0.29) is 0 Å². The fourth-order valence-corrected chi connectivity index (χ4v) is 4.40. The first kappa shape index (κ1) is 12.2. The molecule has 0 saturated heterocycles. The Bertz CT molecular complexity index is 485. The van der Waals surface area contributed by atoms with E-state index in [2.05, 4.69) is 15.9 Å². The maximum absolute atomic E-state index is 11.8. The molecular formula is C15H17BrO2. The van der Waals surface area contributed by atoms with Crippen molar-refractivity contribution in [2.24, 2.45) is 17.3 Å². The number of hydrogen-bond acceptors (Lipinski definition) is 1. The number of carboxylic acids is 1. The van der Waals surface area contributed by atoms with E-state index in [0.717, 1.165) is 29.3 Å². The van der Waals surface area contributed by atoms with Crippen molar-refractivity contribution in [3.8, 4) is 0 Å². The fraction of sp³-hybridized carbons (Fsp3) is 0.533. The summed E-state index contributed by atoms with van der Waals surface area (Å²) >= 11 is 3.54. The molecule has 1 aromatic rings. The van der Waals surface area contributed by atoms with E-state index >= 15 is 0 Å². The largest absolute Gasteiger partial charge is 0.481 e. The van der Waals surface area contributed by atoms with Crippen molar-refractivity contribution >= 4 is 21.9 Å². The molecule has 0 spiro atoms. The Hall–Kier alpha value is -0.830. The van der Waals surface area contributed by atoms with Crippen molar-refractivity contribution < 1.29 is 9.90 Å². The van der Waals surface area contributed by atoms with Crippen molar-refractivity contribution in [2.45, 2.75) is 32.1 Å². The van der Waals surface area contributed by atoms with Crippen LogP contribution in [0.1, 0.15) is 31.2 Å². The Morgan fingerprint density at radius 2 is 2.17 bits per heavy atom. The predicted octanol–water partition coefficient (Wildman–Crippen LogP) is 3.88. The van der Waals surface area contributed by atoms with Crippen LogP contribution in [0, 0.1) is 17.3 Å². The highest BCUT2D eigenvalue weighted by Crippen LogP contribution is 2.57. The third kappa shape index (κ3) is 1.80. The van der Waals surface area contributed by atoms with Crippen LogP contribution in [-0.2, 0) is 11.2 Å². The molecular weight excluding hydrogens is 292 g/mol. The van der Waals surface area contributed by atoms with Crippen LogP contribution in [0.15, 0.2) is 28.7 Å². The number of halogens is 1. The van der Waals surface area contributed by atoms with Gasteiger partial charge in [-0.15, -0.1) is 0 Å². The van der Waals surface area contributed by atoms with Gasteiger partial charge in [0, 0.05) is 4.47 Å². The second kappa shape index (κ2) is 4.37.